The van der Waals surface area contributed by atoms with Gasteiger partial charge < -0.3 is 10.8 Å². The fourth-order valence-electron chi connectivity index (χ4n) is 1.47. The minimum Gasteiger partial charge on any atom is -0.395 e. The van der Waals surface area contributed by atoms with Gasteiger partial charge in [-0.3, -0.25) is 0 Å². The van der Waals surface area contributed by atoms with Crippen LogP contribution in [0.5, 0.6) is 0 Å². The molecular weight excluding hydrogens is 259 g/mol. The van der Waals surface area contributed by atoms with Gasteiger partial charge >= 0.3 is 0 Å². The van der Waals surface area contributed by atoms with Crippen molar-refractivity contribution in [1.29, 1.82) is 0 Å². The minimum absolute atomic E-state index is 0.119. The van der Waals surface area contributed by atoms with Gasteiger partial charge in [-0.05, 0) is 18.6 Å². The van der Waals surface area contributed by atoms with Gasteiger partial charge in [0.2, 0.25) is 10.0 Å². The summed E-state index contributed by atoms with van der Waals surface area (Å²) in [7, 11) is -3.90. The molecule has 0 bridgehead atoms. The van der Waals surface area contributed by atoms with Crippen LogP contribution in [-0.4, -0.2) is 26.2 Å². The number of hydrogen-bond donors (Lipinski definition) is 3. The first kappa shape index (κ1) is 14.9. The highest BCUT2D eigenvalue weighted by molar-refractivity contribution is 7.89. The van der Waals surface area contributed by atoms with Crippen LogP contribution in [0.3, 0.4) is 0 Å². The van der Waals surface area contributed by atoms with Gasteiger partial charge in [0.15, 0.2) is 0 Å². The Morgan fingerprint density at radius 3 is 2.78 bits per heavy atom. The van der Waals surface area contributed by atoms with Gasteiger partial charge in [-0.2, -0.15) is 0 Å². The largest absolute Gasteiger partial charge is 0.395 e. The van der Waals surface area contributed by atoms with Gasteiger partial charge in [0.05, 0.1) is 11.8 Å². The molecule has 18 heavy (non-hydrogen) atoms. The van der Waals surface area contributed by atoms with Crippen molar-refractivity contribution in [3.8, 4) is 0 Å². The highest BCUT2D eigenvalue weighted by Crippen LogP contribution is 2.20. The van der Waals surface area contributed by atoms with Gasteiger partial charge in [-0.15, -0.1) is 0 Å². The summed E-state index contributed by atoms with van der Waals surface area (Å²) in [6, 6.07) is 3.57. The van der Waals surface area contributed by atoms with Gasteiger partial charge in [0, 0.05) is 6.54 Å². The van der Waals surface area contributed by atoms with E-state index >= 15 is 0 Å². The van der Waals surface area contributed by atoms with Crippen LogP contribution in [0.25, 0.3) is 0 Å². The van der Waals surface area contributed by atoms with Crippen LogP contribution in [0.1, 0.15) is 19.8 Å². The number of anilines is 1. The predicted octanol–water partition coefficient (Wildman–Crippen LogP) is 0.847. The summed E-state index contributed by atoms with van der Waals surface area (Å²) in [5.74, 6) is -0.785. The highest BCUT2D eigenvalue weighted by Gasteiger charge is 2.20. The molecule has 1 aromatic carbocycles. The minimum atomic E-state index is -3.90. The van der Waals surface area contributed by atoms with Gasteiger partial charge in [-0.25, -0.2) is 17.5 Å². The molecule has 0 amide bonds. The molecule has 1 atom stereocenters. The zero-order valence-electron chi connectivity index (χ0n) is 10.1. The third-order valence-corrected chi connectivity index (χ3v) is 3.92. The third-order valence-electron chi connectivity index (χ3n) is 2.43. The Hall–Kier alpha value is -1.18. The summed E-state index contributed by atoms with van der Waals surface area (Å²) in [4.78, 5) is -0.314. The molecule has 0 aliphatic heterocycles. The Balaban J connectivity index is 2.84. The van der Waals surface area contributed by atoms with Crippen LogP contribution in [0, 0.1) is 5.82 Å². The van der Waals surface area contributed by atoms with Crippen molar-refractivity contribution in [2.24, 2.45) is 0 Å². The molecule has 102 valence electrons. The van der Waals surface area contributed by atoms with Crippen LogP contribution in [0.2, 0.25) is 0 Å². The number of hydrogen-bond acceptors (Lipinski definition) is 4. The fraction of sp³-hybridized carbons (Fsp3) is 0.455. The number of halogens is 1. The topological polar surface area (TPSA) is 92.4 Å². The molecule has 1 unspecified atom stereocenters. The smallest absolute Gasteiger partial charge is 0.242 e. The van der Waals surface area contributed by atoms with E-state index in [-0.39, 0.29) is 11.4 Å². The van der Waals surface area contributed by atoms with E-state index in [9.17, 15) is 17.9 Å². The first-order valence-corrected chi connectivity index (χ1v) is 7.08. The number of aliphatic hydroxyl groups excluding tert-OH is 1. The van der Waals surface area contributed by atoms with Crippen LogP contribution in [0.15, 0.2) is 23.1 Å². The molecule has 5 nitrogen and oxygen atoms in total. The molecule has 0 saturated carbocycles. The predicted molar refractivity (Wildman–Crippen MR) is 66.9 cm³/mol. The first-order chi connectivity index (χ1) is 8.38. The molecule has 0 spiro atoms. The molecule has 0 fully saturated rings. The van der Waals surface area contributed by atoms with Crippen molar-refractivity contribution in [3.05, 3.63) is 24.0 Å². The normalized spacial score (nSPS) is 13.5. The van der Waals surface area contributed by atoms with E-state index in [2.05, 4.69) is 4.72 Å². The zero-order valence-corrected chi connectivity index (χ0v) is 10.9. The lowest BCUT2D eigenvalue weighted by atomic mass is 10.2. The van der Waals surface area contributed by atoms with Gasteiger partial charge in [0.1, 0.15) is 10.7 Å². The zero-order chi connectivity index (χ0) is 13.8. The van der Waals surface area contributed by atoms with Crippen molar-refractivity contribution in [1.82, 2.24) is 4.72 Å². The molecule has 0 heterocycles. The number of benzene rings is 1. The van der Waals surface area contributed by atoms with Crippen molar-refractivity contribution in [2.45, 2.75) is 30.8 Å². The Kier molecular flexibility index (Phi) is 5.06. The average Bonchev–Trinajstić information content (AvgIpc) is 2.30. The van der Waals surface area contributed by atoms with E-state index in [1.54, 1.807) is 0 Å². The molecule has 0 saturated heterocycles. The number of para-hydroxylation sites is 1. The lowest BCUT2D eigenvalue weighted by molar-refractivity contribution is 0.167. The molecule has 1 rings (SSSR count). The van der Waals surface area contributed by atoms with Gasteiger partial charge in [-0.1, -0.05) is 19.4 Å². The van der Waals surface area contributed by atoms with E-state index in [0.29, 0.717) is 6.42 Å². The lowest BCUT2D eigenvalue weighted by Crippen LogP contribution is -2.32. The summed E-state index contributed by atoms with van der Waals surface area (Å²) in [6.45, 7) is 1.76. The van der Waals surface area contributed by atoms with E-state index in [4.69, 9.17) is 5.73 Å². The van der Waals surface area contributed by atoms with Crippen LogP contribution in [0.4, 0.5) is 10.1 Å². The fourth-order valence-corrected chi connectivity index (χ4v) is 2.68. The summed E-state index contributed by atoms with van der Waals surface area (Å²) >= 11 is 0. The molecular formula is C11H17FN2O3S. The first-order valence-electron chi connectivity index (χ1n) is 5.60. The highest BCUT2D eigenvalue weighted by atomic mass is 32.2. The van der Waals surface area contributed by atoms with Crippen LogP contribution < -0.4 is 10.5 Å². The number of nitrogens with one attached hydrogen (secondary N) is 1. The second-order valence-corrected chi connectivity index (χ2v) is 5.68. The molecule has 0 aliphatic rings. The Morgan fingerprint density at radius 2 is 2.17 bits per heavy atom. The van der Waals surface area contributed by atoms with Crippen molar-refractivity contribution < 1.29 is 17.9 Å². The van der Waals surface area contributed by atoms with Gasteiger partial charge in [0.25, 0.3) is 0 Å². The number of aliphatic hydroxyl groups is 1. The number of nitrogen functional groups attached to an aromatic ring is 1. The molecule has 0 aromatic heterocycles. The lowest BCUT2D eigenvalue weighted by Gasteiger charge is -2.12. The second-order valence-electron chi connectivity index (χ2n) is 3.95. The maximum atomic E-state index is 13.2. The van der Waals surface area contributed by atoms with Crippen LogP contribution >= 0.6 is 0 Å². The summed E-state index contributed by atoms with van der Waals surface area (Å²) < 4.78 is 39.1. The van der Waals surface area contributed by atoms with E-state index in [1.807, 2.05) is 6.92 Å². The Morgan fingerprint density at radius 1 is 1.50 bits per heavy atom. The van der Waals surface area contributed by atoms with Crippen molar-refractivity contribution in [3.63, 3.8) is 0 Å². The Labute approximate surface area is 106 Å². The number of rotatable bonds is 6. The summed E-state index contributed by atoms with van der Waals surface area (Å²) in [6.07, 6.45) is 0.464. The number of nitrogens with two attached hydrogens (primary N) is 1. The third kappa shape index (κ3) is 3.66. The SMILES string of the molecule is CCCC(O)CNS(=O)(=O)c1cccc(F)c1N. The van der Waals surface area contributed by atoms with E-state index in [1.165, 1.54) is 12.1 Å². The second kappa shape index (κ2) is 6.12. The maximum absolute atomic E-state index is 13.2. The molecule has 7 heteroatoms. The van der Waals surface area contributed by atoms with Crippen molar-refractivity contribution in [2.75, 3.05) is 12.3 Å². The standard InChI is InChI=1S/C11H17FN2O3S/c1-2-4-8(15)7-14-18(16,17)10-6-3-5-9(12)11(10)13/h3,5-6,8,14-15H,2,4,7,13H2,1H3. The summed E-state index contributed by atoms with van der Waals surface area (Å²) in [5.41, 5.74) is 4.96. The Bertz CT molecular complexity index is 505. The van der Waals surface area contributed by atoms with E-state index in [0.717, 1.165) is 12.5 Å². The maximum Gasteiger partial charge on any atom is 0.242 e. The molecule has 1 aromatic rings. The monoisotopic (exact) mass is 276 g/mol. The average molecular weight is 276 g/mol. The van der Waals surface area contributed by atoms with E-state index < -0.39 is 27.6 Å². The number of sulfonamides is 1. The molecule has 0 radical (unpaired) electrons. The summed E-state index contributed by atoms with van der Waals surface area (Å²) in [5, 5.41) is 9.45. The molecule has 4 N–H and O–H groups in total. The quantitative estimate of drug-likeness (QED) is 0.671. The molecule has 0 aliphatic carbocycles. The van der Waals surface area contributed by atoms with Crippen molar-refractivity contribution >= 4 is 15.7 Å². The van der Waals surface area contributed by atoms with Crippen LogP contribution in [-0.2, 0) is 10.0 Å².